The van der Waals surface area contributed by atoms with Gasteiger partial charge in [-0.05, 0) is 26.0 Å². The topological polar surface area (TPSA) is 39.1 Å². The molecule has 1 unspecified atom stereocenters. The minimum Gasteiger partial charge on any atom is -0.378 e. The molecule has 96 valence electrons. The van der Waals surface area contributed by atoms with E-state index < -0.39 is 0 Å². The second-order valence-electron chi connectivity index (χ2n) is 5.00. The van der Waals surface area contributed by atoms with E-state index in [2.05, 4.69) is 41.9 Å². The molecule has 2 heterocycles. The summed E-state index contributed by atoms with van der Waals surface area (Å²) in [4.78, 5) is 4.78. The predicted octanol–water partition coefficient (Wildman–Crippen LogP) is 2.28. The Balaban J connectivity index is 2.11. The summed E-state index contributed by atoms with van der Waals surface area (Å²) in [6.07, 6.45) is 0. The van der Waals surface area contributed by atoms with E-state index >= 15 is 0 Å². The Morgan fingerprint density at radius 2 is 2.22 bits per heavy atom. The molecule has 4 heteroatoms. The number of hydrogen-bond acceptors (Lipinski definition) is 3. The van der Waals surface area contributed by atoms with Crippen LogP contribution in [0.2, 0.25) is 0 Å². The average Bonchev–Trinajstić information content (AvgIpc) is 2.79. The van der Waals surface area contributed by atoms with Crippen LogP contribution in [0, 0.1) is 0 Å². The van der Waals surface area contributed by atoms with Crippen molar-refractivity contribution < 1.29 is 4.74 Å². The number of aromatic nitrogens is 2. The first kappa shape index (κ1) is 11.7. The van der Waals surface area contributed by atoms with Crippen LogP contribution in [0.15, 0.2) is 24.3 Å². The molecule has 0 amide bonds. The zero-order valence-electron chi connectivity index (χ0n) is 10.9. The SMILES string of the molecule is CC(C)n1c(C2COCCN2)nc2ccccc21. The lowest BCUT2D eigenvalue weighted by molar-refractivity contribution is 0.0729. The number of imidazole rings is 1. The highest BCUT2D eigenvalue weighted by molar-refractivity contribution is 5.76. The van der Waals surface area contributed by atoms with Crippen LogP contribution in [0.25, 0.3) is 11.0 Å². The summed E-state index contributed by atoms with van der Waals surface area (Å²) in [5, 5.41) is 3.48. The van der Waals surface area contributed by atoms with Gasteiger partial charge in [0.25, 0.3) is 0 Å². The number of benzene rings is 1. The van der Waals surface area contributed by atoms with Gasteiger partial charge in [-0.1, -0.05) is 12.1 Å². The first-order valence-electron chi connectivity index (χ1n) is 6.55. The van der Waals surface area contributed by atoms with Crippen molar-refractivity contribution in [2.45, 2.75) is 25.9 Å². The number of fused-ring (bicyclic) bond motifs is 1. The molecule has 0 bridgehead atoms. The van der Waals surface area contributed by atoms with Crippen LogP contribution in [-0.4, -0.2) is 29.3 Å². The number of rotatable bonds is 2. The van der Waals surface area contributed by atoms with Gasteiger partial charge < -0.3 is 14.6 Å². The highest BCUT2D eigenvalue weighted by atomic mass is 16.5. The van der Waals surface area contributed by atoms with Crippen molar-refractivity contribution in [2.24, 2.45) is 0 Å². The van der Waals surface area contributed by atoms with E-state index in [0.717, 1.165) is 24.5 Å². The van der Waals surface area contributed by atoms with Crippen molar-refractivity contribution in [1.82, 2.24) is 14.9 Å². The van der Waals surface area contributed by atoms with Crippen LogP contribution >= 0.6 is 0 Å². The first-order valence-corrected chi connectivity index (χ1v) is 6.55. The molecular formula is C14H19N3O. The number of nitrogens with one attached hydrogen (secondary N) is 1. The fourth-order valence-corrected chi connectivity index (χ4v) is 2.58. The van der Waals surface area contributed by atoms with Gasteiger partial charge in [-0.3, -0.25) is 0 Å². The van der Waals surface area contributed by atoms with Crippen molar-refractivity contribution in [3.8, 4) is 0 Å². The molecule has 0 spiro atoms. The molecule has 1 aromatic heterocycles. The molecule has 0 radical (unpaired) electrons. The Morgan fingerprint density at radius 3 is 2.94 bits per heavy atom. The highest BCUT2D eigenvalue weighted by Gasteiger charge is 2.23. The Morgan fingerprint density at radius 1 is 1.39 bits per heavy atom. The van der Waals surface area contributed by atoms with Gasteiger partial charge in [-0.25, -0.2) is 4.98 Å². The van der Waals surface area contributed by atoms with E-state index in [9.17, 15) is 0 Å². The molecule has 1 atom stereocenters. The first-order chi connectivity index (χ1) is 8.77. The van der Waals surface area contributed by atoms with Crippen molar-refractivity contribution in [2.75, 3.05) is 19.8 Å². The molecule has 1 aliphatic rings. The molecule has 0 saturated carbocycles. The molecular weight excluding hydrogens is 226 g/mol. The van der Waals surface area contributed by atoms with E-state index in [1.54, 1.807) is 0 Å². The zero-order chi connectivity index (χ0) is 12.5. The van der Waals surface area contributed by atoms with Crippen molar-refractivity contribution in [3.05, 3.63) is 30.1 Å². The highest BCUT2D eigenvalue weighted by Crippen LogP contribution is 2.25. The van der Waals surface area contributed by atoms with Gasteiger partial charge in [0, 0.05) is 12.6 Å². The van der Waals surface area contributed by atoms with Crippen molar-refractivity contribution in [3.63, 3.8) is 0 Å². The lowest BCUT2D eigenvalue weighted by Gasteiger charge is -2.25. The maximum atomic E-state index is 5.55. The fourth-order valence-electron chi connectivity index (χ4n) is 2.58. The third-order valence-electron chi connectivity index (χ3n) is 3.37. The van der Waals surface area contributed by atoms with E-state index in [4.69, 9.17) is 9.72 Å². The molecule has 1 saturated heterocycles. The maximum Gasteiger partial charge on any atom is 0.129 e. The van der Waals surface area contributed by atoms with Gasteiger partial charge in [0.05, 0.1) is 30.3 Å². The Hall–Kier alpha value is -1.39. The lowest BCUT2D eigenvalue weighted by Crippen LogP contribution is -2.36. The minimum absolute atomic E-state index is 0.202. The van der Waals surface area contributed by atoms with Crippen LogP contribution in [-0.2, 0) is 4.74 Å². The van der Waals surface area contributed by atoms with Gasteiger partial charge in [0.15, 0.2) is 0 Å². The third-order valence-corrected chi connectivity index (χ3v) is 3.37. The lowest BCUT2D eigenvalue weighted by atomic mass is 10.2. The van der Waals surface area contributed by atoms with Gasteiger partial charge >= 0.3 is 0 Å². The quantitative estimate of drug-likeness (QED) is 0.882. The summed E-state index contributed by atoms with van der Waals surface area (Å²) >= 11 is 0. The summed E-state index contributed by atoms with van der Waals surface area (Å²) in [6, 6.07) is 8.91. The van der Waals surface area contributed by atoms with E-state index in [1.807, 2.05) is 6.07 Å². The standard InChI is InChI=1S/C14H19N3O/c1-10(2)17-13-6-4-3-5-11(13)16-14(17)12-9-18-8-7-15-12/h3-6,10,12,15H,7-9H2,1-2H3. The maximum absolute atomic E-state index is 5.55. The largest absolute Gasteiger partial charge is 0.378 e. The van der Waals surface area contributed by atoms with Crippen LogP contribution in [0.4, 0.5) is 0 Å². The minimum atomic E-state index is 0.202. The van der Waals surface area contributed by atoms with Gasteiger partial charge in [0.2, 0.25) is 0 Å². The van der Waals surface area contributed by atoms with Gasteiger partial charge in [-0.15, -0.1) is 0 Å². The normalized spacial score (nSPS) is 20.7. The molecule has 1 N–H and O–H groups in total. The molecule has 1 aliphatic heterocycles. The molecule has 1 fully saturated rings. The molecule has 4 nitrogen and oxygen atoms in total. The van der Waals surface area contributed by atoms with Gasteiger partial charge in [-0.2, -0.15) is 0 Å². The van der Waals surface area contributed by atoms with Crippen LogP contribution in [0.3, 0.4) is 0 Å². The molecule has 2 aromatic rings. The Bertz CT molecular complexity index is 541. The van der Waals surface area contributed by atoms with E-state index in [1.165, 1.54) is 5.52 Å². The molecule has 18 heavy (non-hydrogen) atoms. The smallest absolute Gasteiger partial charge is 0.129 e. The monoisotopic (exact) mass is 245 g/mol. The number of para-hydroxylation sites is 2. The van der Waals surface area contributed by atoms with Crippen LogP contribution in [0.5, 0.6) is 0 Å². The zero-order valence-corrected chi connectivity index (χ0v) is 10.9. The summed E-state index contributed by atoms with van der Waals surface area (Å²) in [6.45, 7) is 6.78. The summed E-state index contributed by atoms with van der Waals surface area (Å²) in [5.74, 6) is 1.09. The van der Waals surface area contributed by atoms with E-state index in [0.29, 0.717) is 12.6 Å². The molecule has 3 rings (SSSR count). The second kappa shape index (κ2) is 4.71. The second-order valence-corrected chi connectivity index (χ2v) is 5.00. The summed E-state index contributed by atoms with van der Waals surface area (Å²) in [5.41, 5.74) is 2.27. The third kappa shape index (κ3) is 1.91. The van der Waals surface area contributed by atoms with Crippen molar-refractivity contribution >= 4 is 11.0 Å². The Kier molecular flexibility index (Phi) is 3.06. The number of nitrogens with zero attached hydrogens (tertiary/aromatic N) is 2. The number of hydrogen-bond donors (Lipinski definition) is 1. The van der Waals surface area contributed by atoms with E-state index in [-0.39, 0.29) is 6.04 Å². The average molecular weight is 245 g/mol. The van der Waals surface area contributed by atoms with Crippen LogP contribution in [0.1, 0.15) is 31.8 Å². The Labute approximate surface area is 107 Å². The van der Waals surface area contributed by atoms with Gasteiger partial charge in [0.1, 0.15) is 5.82 Å². The van der Waals surface area contributed by atoms with Crippen molar-refractivity contribution in [1.29, 1.82) is 0 Å². The molecule has 0 aliphatic carbocycles. The van der Waals surface area contributed by atoms with Crippen LogP contribution < -0.4 is 5.32 Å². The molecule has 1 aromatic carbocycles. The summed E-state index contributed by atoms with van der Waals surface area (Å²) < 4.78 is 7.86. The number of morpholine rings is 1. The fraction of sp³-hybridized carbons (Fsp3) is 0.500. The number of ether oxygens (including phenoxy) is 1. The summed E-state index contributed by atoms with van der Waals surface area (Å²) in [7, 11) is 0. The predicted molar refractivity (Wildman–Crippen MR) is 71.7 cm³/mol.